The fourth-order valence-corrected chi connectivity index (χ4v) is 1.69. The second-order valence-corrected chi connectivity index (χ2v) is 4.22. The molecular formula is C12H28N2. The van der Waals surface area contributed by atoms with Crippen molar-refractivity contribution in [2.45, 2.75) is 58.9 Å². The van der Waals surface area contributed by atoms with Crippen LogP contribution in [0.5, 0.6) is 0 Å². The van der Waals surface area contributed by atoms with Crippen LogP contribution in [0.3, 0.4) is 0 Å². The fourth-order valence-electron chi connectivity index (χ4n) is 1.69. The minimum atomic E-state index is 0.397. The van der Waals surface area contributed by atoms with Gasteiger partial charge in [-0.1, -0.05) is 40.0 Å². The first kappa shape index (κ1) is 13.9. The van der Waals surface area contributed by atoms with Crippen molar-refractivity contribution in [3.05, 3.63) is 0 Å². The van der Waals surface area contributed by atoms with E-state index in [0.717, 1.165) is 31.8 Å². The Morgan fingerprint density at radius 2 is 1.71 bits per heavy atom. The van der Waals surface area contributed by atoms with Gasteiger partial charge in [-0.05, 0) is 31.8 Å². The summed E-state index contributed by atoms with van der Waals surface area (Å²) >= 11 is 0. The van der Waals surface area contributed by atoms with Gasteiger partial charge in [-0.2, -0.15) is 0 Å². The predicted octanol–water partition coefficient (Wildman–Crippen LogP) is 2.53. The topological polar surface area (TPSA) is 38.0 Å². The number of hydrogen-bond donors (Lipinski definition) is 2. The first-order valence-corrected chi connectivity index (χ1v) is 6.20. The van der Waals surface area contributed by atoms with Crippen LogP contribution in [0, 0.1) is 5.92 Å². The van der Waals surface area contributed by atoms with Crippen molar-refractivity contribution < 1.29 is 0 Å². The molecule has 0 radical (unpaired) electrons. The van der Waals surface area contributed by atoms with Crippen molar-refractivity contribution in [1.82, 2.24) is 5.32 Å². The van der Waals surface area contributed by atoms with Crippen molar-refractivity contribution in [1.29, 1.82) is 0 Å². The lowest BCUT2D eigenvalue weighted by Gasteiger charge is -2.15. The third-order valence-corrected chi connectivity index (χ3v) is 2.94. The molecule has 0 aromatic carbocycles. The van der Waals surface area contributed by atoms with Gasteiger partial charge in [0.1, 0.15) is 0 Å². The summed E-state index contributed by atoms with van der Waals surface area (Å²) in [5.74, 6) is 0.845. The summed E-state index contributed by atoms with van der Waals surface area (Å²) in [7, 11) is 0. The molecule has 0 amide bonds. The highest BCUT2D eigenvalue weighted by atomic mass is 14.9. The van der Waals surface area contributed by atoms with Crippen LogP contribution in [-0.2, 0) is 0 Å². The van der Waals surface area contributed by atoms with Gasteiger partial charge >= 0.3 is 0 Å². The third-order valence-electron chi connectivity index (χ3n) is 2.94. The number of nitrogens with two attached hydrogens (primary N) is 1. The average Bonchev–Trinajstić information content (AvgIpc) is 2.19. The van der Waals surface area contributed by atoms with E-state index in [1.807, 2.05) is 0 Å². The zero-order valence-electron chi connectivity index (χ0n) is 10.2. The minimum Gasteiger partial charge on any atom is -0.328 e. The van der Waals surface area contributed by atoms with E-state index < -0.39 is 0 Å². The van der Waals surface area contributed by atoms with Crippen LogP contribution in [0.4, 0.5) is 0 Å². The number of rotatable bonds is 9. The maximum atomic E-state index is 5.93. The van der Waals surface area contributed by atoms with Crippen molar-refractivity contribution in [2.24, 2.45) is 11.7 Å². The maximum absolute atomic E-state index is 5.93. The molecule has 0 bridgehead atoms. The van der Waals surface area contributed by atoms with Gasteiger partial charge in [0.25, 0.3) is 0 Å². The monoisotopic (exact) mass is 200 g/mol. The summed E-state index contributed by atoms with van der Waals surface area (Å²) in [6.45, 7) is 8.96. The van der Waals surface area contributed by atoms with Crippen molar-refractivity contribution in [3.63, 3.8) is 0 Å². The molecule has 0 aliphatic heterocycles. The zero-order valence-corrected chi connectivity index (χ0v) is 10.2. The summed E-state index contributed by atoms with van der Waals surface area (Å²) in [5.41, 5.74) is 5.93. The first-order valence-electron chi connectivity index (χ1n) is 6.20. The highest BCUT2D eigenvalue weighted by molar-refractivity contribution is 4.64. The Balaban J connectivity index is 3.27. The average molecular weight is 200 g/mol. The predicted molar refractivity (Wildman–Crippen MR) is 64.4 cm³/mol. The second kappa shape index (κ2) is 9.47. The Kier molecular flexibility index (Phi) is 9.42. The van der Waals surface area contributed by atoms with Crippen molar-refractivity contribution in [3.8, 4) is 0 Å². The smallest absolute Gasteiger partial charge is 0.00508 e. The molecule has 1 unspecified atom stereocenters. The molecule has 0 aliphatic carbocycles. The van der Waals surface area contributed by atoms with E-state index in [-0.39, 0.29) is 0 Å². The molecule has 0 aliphatic rings. The van der Waals surface area contributed by atoms with Gasteiger partial charge in [0.15, 0.2) is 0 Å². The summed E-state index contributed by atoms with van der Waals surface area (Å²) in [6, 6.07) is 0.397. The Hall–Kier alpha value is -0.0800. The molecule has 0 rings (SSSR count). The summed E-state index contributed by atoms with van der Waals surface area (Å²) in [5, 5.41) is 3.50. The van der Waals surface area contributed by atoms with Crippen LogP contribution in [-0.4, -0.2) is 19.1 Å². The molecule has 3 N–H and O–H groups in total. The largest absolute Gasteiger partial charge is 0.328 e. The van der Waals surface area contributed by atoms with Gasteiger partial charge in [-0.15, -0.1) is 0 Å². The van der Waals surface area contributed by atoms with Crippen LogP contribution in [0.2, 0.25) is 0 Å². The van der Waals surface area contributed by atoms with Crippen LogP contribution in [0.15, 0.2) is 0 Å². The van der Waals surface area contributed by atoms with Crippen LogP contribution >= 0.6 is 0 Å². The molecule has 0 heterocycles. The van der Waals surface area contributed by atoms with E-state index in [9.17, 15) is 0 Å². The molecule has 0 aromatic rings. The van der Waals surface area contributed by atoms with E-state index in [1.54, 1.807) is 0 Å². The van der Waals surface area contributed by atoms with Gasteiger partial charge in [0.2, 0.25) is 0 Å². The molecule has 1 atom stereocenters. The highest BCUT2D eigenvalue weighted by Crippen LogP contribution is 2.05. The summed E-state index contributed by atoms with van der Waals surface area (Å²) in [4.78, 5) is 0. The Morgan fingerprint density at radius 3 is 2.21 bits per heavy atom. The van der Waals surface area contributed by atoms with Crippen LogP contribution in [0.1, 0.15) is 52.9 Å². The van der Waals surface area contributed by atoms with E-state index in [1.165, 1.54) is 19.3 Å². The lowest BCUT2D eigenvalue weighted by molar-refractivity contribution is 0.435. The molecule has 86 valence electrons. The van der Waals surface area contributed by atoms with Crippen molar-refractivity contribution >= 4 is 0 Å². The lowest BCUT2D eigenvalue weighted by Crippen LogP contribution is -2.29. The second-order valence-electron chi connectivity index (χ2n) is 4.22. The fraction of sp³-hybridized carbons (Fsp3) is 1.00. The lowest BCUT2D eigenvalue weighted by atomic mass is 10.0. The molecule has 0 aromatic heterocycles. The van der Waals surface area contributed by atoms with Crippen LogP contribution in [0.25, 0.3) is 0 Å². The van der Waals surface area contributed by atoms with Gasteiger partial charge in [-0.3, -0.25) is 0 Å². The van der Waals surface area contributed by atoms with Gasteiger partial charge in [-0.25, -0.2) is 0 Å². The van der Waals surface area contributed by atoms with Gasteiger partial charge < -0.3 is 11.1 Å². The van der Waals surface area contributed by atoms with E-state index in [0.29, 0.717) is 6.04 Å². The Morgan fingerprint density at radius 1 is 1.07 bits per heavy atom. The standard InChI is InChI=1S/C12H28N2/c1-4-7-12(13)8-9-14-10-11(5-2)6-3/h11-12,14H,4-10,13H2,1-3H3. The highest BCUT2D eigenvalue weighted by Gasteiger charge is 2.03. The van der Waals surface area contributed by atoms with Crippen molar-refractivity contribution in [2.75, 3.05) is 13.1 Å². The van der Waals surface area contributed by atoms with Gasteiger partial charge in [0, 0.05) is 6.04 Å². The number of hydrogen-bond acceptors (Lipinski definition) is 2. The zero-order chi connectivity index (χ0) is 10.8. The summed E-state index contributed by atoms with van der Waals surface area (Å²) < 4.78 is 0. The Labute approximate surface area is 89.6 Å². The molecule has 0 fully saturated rings. The SMILES string of the molecule is CCCC(N)CCNCC(CC)CC. The molecule has 2 heteroatoms. The number of nitrogens with one attached hydrogen (secondary N) is 1. The van der Waals surface area contributed by atoms with E-state index >= 15 is 0 Å². The quantitative estimate of drug-likeness (QED) is 0.561. The molecule has 0 spiro atoms. The minimum absolute atomic E-state index is 0.397. The van der Waals surface area contributed by atoms with Crippen LogP contribution < -0.4 is 11.1 Å². The first-order chi connectivity index (χ1) is 6.74. The van der Waals surface area contributed by atoms with E-state index in [4.69, 9.17) is 5.73 Å². The van der Waals surface area contributed by atoms with E-state index in [2.05, 4.69) is 26.1 Å². The maximum Gasteiger partial charge on any atom is 0.00508 e. The molecular weight excluding hydrogens is 172 g/mol. The third kappa shape index (κ3) is 7.34. The molecule has 2 nitrogen and oxygen atoms in total. The molecule has 14 heavy (non-hydrogen) atoms. The normalized spacial score (nSPS) is 13.5. The Bertz CT molecular complexity index is 111. The molecule has 0 saturated carbocycles. The molecule has 0 saturated heterocycles. The summed E-state index contributed by atoms with van der Waals surface area (Å²) in [6.07, 6.45) is 6.05. The van der Waals surface area contributed by atoms with Gasteiger partial charge in [0.05, 0.1) is 0 Å².